The van der Waals surface area contributed by atoms with Gasteiger partial charge in [0.1, 0.15) is 5.82 Å². The van der Waals surface area contributed by atoms with Crippen LogP contribution in [-0.2, 0) is 11.3 Å². The Labute approximate surface area is 183 Å². The number of aromatic nitrogens is 3. The van der Waals surface area contributed by atoms with Crippen LogP contribution in [0.25, 0.3) is 21.1 Å². The van der Waals surface area contributed by atoms with Gasteiger partial charge in [-0.15, -0.1) is 11.3 Å². The van der Waals surface area contributed by atoms with E-state index < -0.39 is 0 Å². The molecule has 1 amide bonds. The lowest BCUT2D eigenvalue weighted by atomic mass is 9.82. The van der Waals surface area contributed by atoms with E-state index in [0.29, 0.717) is 23.1 Å². The van der Waals surface area contributed by atoms with Crippen LogP contribution in [0.3, 0.4) is 0 Å². The summed E-state index contributed by atoms with van der Waals surface area (Å²) in [5.41, 5.74) is 1.43. The van der Waals surface area contributed by atoms with Gasteiger partial charge >= 0.3 is 0 Å². The number of carbonyl (C=O) groups is 1. The SMILES string of the molecule is CN(Cc1nc2ccccc2c(=O)[nH]1)C(=O)[C@H]1CC=CC[C@H]1c1nc2ccccc2s1. The number of hydrogen-bond acceptors (Lipinski definition) is 5. The first-order chi connectivity index (χ1) is 15.1. The van der Waals surface area contributed by atoms with E-state index in [1.807, 2.05) is 36.4 Å². The number of fused-ring (bicyclic) bond motifs is 2. The summed E-state index contributed by atoms with van der Waals surface area (Å²) in [6.07, 6.45) is 5.71. The topological polar surface area (TPSA) is 79.0 Å². The smallest absolute Gasteiger partial charge is 0.258 e. The molecule has 156 valence electrons. The second-order valence-corrected chi connectivity index (χ2v) is 8.96. The largest absolute Gasteiger partial charge is 0.338 e. The zero-order valence-corrected chi connectivity index (χ0v) is 17.9. The molecule has 6 nitrogen and oxygen atoms in total. The average molecular weight is 431 g/mol. The Morgan fingerprint density at radius 3 is 2.65 bits per heavy atom. The van der Waals surface area contributed by atoms with Crippen LogP contribution in [0, 0.1) is 5.92 Å². The van der Waals surface area contributed by atoms with Crippen molar-refractivity contribution in [2.45, 2.75) is 25.3 Å². The van der Waals surface area contributed by atoms with Gasteiger partial charge in [-0.25, -0.2) is 9.97 Å². The Bertz CT molecular complexity index is 1320. The maximum atomic E-state index is 13.4. The molecule has 0 saturated heterocycles. The highest BCUT2D eigenvalue weighted by molar-refractivity contribution is 7.18. The number of allylic oxidation sites excluding steroid dienone is 2. The van der Waals surface area contributed by atoms with Crippen molar-refractivity contribution in [1.82, 2.24) is 19.9 Å². The fraction of sp³-hybridized carbons (Fsp3) is 0.250. The molecule has 0 saturated carbocycles. The summed E-state index contributed by atoms with van der Waals surface area (Å²) in [4.78, 5) is 39.6. The summed E-state index contributed by atoms with van der Waals surface area (Å²) in [5.74, 6) is 0.413. The maximum Gasteiger partial charge on any atom is 0.258 e. The normalized spacial score (nSPS) is 18.5. The number of benzene rings is 2. The number of nitrogens with zero attached hydrogens (tertiary/aromatic N) is 3. The summed E-state index contributed by atoms with van der Waals surface area (Å²) < 4.78 is 1.14. The first-order valence-electron chi connectivity index (χ1n) is 10.3. The second-order valence-electron chi connectivity index (χ2n) is 7.90. The van der Waals surface area contributed by atoms with Gasteiger partial charge in [-0.3, -0.25) is 9.59 Å². The van der Waals surface area contributed by atoms with Crippen molar-refractivity contribution in [2.75, 3.05) is 7.05 Å². The minimum atomic E-state index is -0.186. The van der Waals surface area contributed by atoms with Crippen LogP contribution in [0.4, 0.5) is 0 Å². The summed E-state index contributed by atoms with van der Waals surface area (Å²) >= 11 is 1.67. The predicted molar refractivity (Wildman–Crippen MR) is 123 cm³/mol. The van der Waals surface area contributed by atoms with Crippen LogP contribution in [0.5, 0.6) is 0 Å². The number of aromatic amines is 1. The van der Waals surface area contributed by atoms with Crippen molar-refractivity contribution >= 4 is 38.4 Å². The molecular weight excluding hydrogens is 408 g/mol. The molecule has 4 aromatic rings. The van der Waals surface area contributed by atoms with Crippen LogP contribution in [0.2, 0.25) is 0 Å². The number of amides is 1. The van der Waals surface area contributed by atoms with Crippen molar-refractivity contribution in [3.8, 4) is 0 Å². The lowest BCUT2D eigenvalue weighted by molar-refractivity contribution is -0.135. The summed E-state index contributed by atoms with van der Waals surface area (Å²) in [6.45, 7) is 0.256. The maximum absolute atomic E-state index is 13.4. The summed E-state index contributed by atoms with van der Waals surface area (Å²) in [7, 11) is 1.77. The second kappa shape index (κ2) is 8.07. The molecule has 0 bridgehead atoms. The first-order valence-corrected chi connectivity index (χ1v) is 11.1. The number of H-pyrrole nitrogens is 1. The minimum Gasteiger partial charge on any atom is -0.338 e. The Morgan fingerprint density at radius 1 is 1.06 bits per heavy atom. The lowest BCUT2D eigenvalue weighted by Gasteiger charge is -2.29. The zero-order chi connectivity index (χ0) is 21.4. The standard InChI is InChI=1S/C24H22N4O2S/c1-28(14-21-25-18-11-5-4-10-17(18)22(29)27-21)24(30)16-9-3-2-8-15(16)23-26-19-12-6-7-13-20(19)31-23/h2-7,10-13,15-16H,8-9,14H2,1H3,(H,25,27,29)/t15-,16+/m1/s1. The highest BCUT2D eigenvalue weighted by Gasteiger charge is 2.34. The zero-order valence-electron chi connectivity index (χ0n) is 17.1. The van der Waals surface area contributed by atoms with Crippen LogP contribution < -0.4 is 5.56 Å². The Balaban J connectivity index is 1.40. The molecule has 5 rings (SSSR count). The third-order valence-corrected chi connectivity index (χ3v) is 6.97. The Hall–Kier alpha value is -3.32. The molecule has 1 aliphatic carbocycles. The fourth-order valence-electron chi connectivity index (χ4n) is 4.20. The van der Waals surface area contributed by atoms with Gasteiger partial charge in [-0.05, 0) is 37.1 Å². The van der Waals surface area contributed by atoms with Crippen LogP contribution in [0.1, 0.15) is 29.6 Å². The molecule has 0 unspecified atom stereocenters. The molecule has 2 atom stereocenters. The van der Waals surface area contributed by atoms with Gasteiger partial charge < -0.3 is 9.88 Å². The summed E-state index contributed by atoms with van der Waals surface area (Å²) in [5, 5.41) is 1.56. The van der Waals surface area contributed by atoms with Crippen molar-refractivity contribution in [1.29, 1.82) is 0 Å². The van der Waals surface area contributed by atoms with Gasteiger partial charge in [0.15, 0.2) is 0 Å². The molecule has 7 heteroatoms. The quantitative estimate of drug-likeness (QED) is 0.491. The van der Waals surface area contributed by atoms with Gasteiger partial charge in [0, 0.05) is 13.0 Å². The van der Waals surface area contributed by atoms with Crippen LogP contribution in [-0.4, -0.2) is 32.8 Å². The molecule has 1 N–H and O–H groups in total. The van der Waals surface area contributed by atoms with E-state index in [9.17, 15) is 9.59 Å². The summed E-state index contributed by atoms with van der Waals surface area (Å²) in [6, 6.07) is 15.3. The van der Waals surface area contributed by atoms with Gasteiger partial charge in [0.2, 0.25) is 5.91 Å². The Kier molecular flexibility index (Phi) is 5.11. The minimum absolute atomic E-state index is 0.0458. The molecule has 2 heterocycles. The van der Waals surface area contributed by atoms with E-state index >= 15 is 0 Å². The van der Waals surface area contributed by atoms with E-state index in [1.165, 1.54) is 0 Å². The molecule has 0 aliphatic heterocycles. The van der Waals surface area contributed by atoms with E-state index in [2.05, 4.69) is 28.2 Å². The lowest BCUT2D eigenvalue weighted by Crippen LogP contribution is -2.37. The highest BCUT2D eigenvalue weighted by Crippen LogP contribution is 2.39. The van der Waals surface area contributed by atoms with Crippen molar-refractivity contribution < 1.29 is 4.79 Å². The molecule has 0 radical (unpaired) electrons. The third kappa shape index (κ3) is 3.77. The highest BCUT2D eigenvalue weighted by atomic mass is 32.1. The molecule has 2 aromatic carbocycles. The van der Waals surface area contributed by atoms with Crippen molar-refractivity contribution in [2.24, 2.45) is 5.92 Å². The Morgan fingerprint density at radius 2 is 1.81 bits per heavy atom. The van der Waals surface area contributed by atoms with Crippen molar-refractivity contribution in [3.63, 3.8) is 0 Å². The number of thiazole rings is 1. The van der Waals surface area contributed by atoms with E-state index in [1.54, 1.807) is 29.4 Å². The van der Waals surface area contributed by atoms with E-state index in [0.717, 1.165) is 21.6 Å². The van der Waals surface area contributed by atoms with Gasteiger partial charge in [-0.1, -0.05) is 36.4 Å². The van der Waals surface area contributed by atoms with Crippen LogP contribution in [0.15, 0.2) is 65.5 Å². The van der Waals surface area contributed by atoms with Crippen molar-refractivity contribution in [3.05, 3.63) is 81.9 Å². The predicted octanol–water partition coefficient (Wildman–Crippen LogP) is 4.24. The number of rotatable bonds is 4. The van der Waals surface area contributed by atoms with Crippen LogP contribution >= 0.6 is 11.3 Å². The average Bonchev–Trinajstić information content (AvgIpc) is 3.23. The monoisotopic (exact) mass is 430 g/mol. The number of nitrogens with one attached hydrogen (secondary N) is 1. The number of carbonyl (C=O) groups excluding carboxylic acids is 1. The van der Waals surface area contributed by atoms with E-state index in [4.69, 9.17) is 4.98 Å². The number of para-hydroxylation sites is 2. The third-order valence-electron chi connectivity index (χ3n) is 5.80. The molecule has 0 spiro atoms. The van der Waals surface area contributed by atoms with Gasteiger partial charge in [-0.2, -0.15) is 0 Å². The van der Waals surface area contributed by atoms with Gasteiger partial charge in [0.05, 0.1) is 38.6 Å². The molecule has 1 aliphatic rings. The number of hydrogen-bond donors (Lipinski definition) is 1. The molecule has 0 fully saturated rings. The molecular formula is C24H22N4O2S. The first kappa shape index (κ1) is 19.6. The molecule has 31 heavy (non-hydrogen) atoms. The fourth-order valence-corrected chi connectivity index (χ4v) is 5.35. The van der Waals surface area contributed by atoms with E-state index in [-0.39, 0.29) is 29.8 Å². The van der Waals surface area contributed by atoms with Gasteiger partial charge in [0.25, 0.3) is 5.56 Å². The molecule has 2 aromatic heterocycles.